The number of furan rings is 1. The normalized spacial score (nSPS) is 15.0. The van der Waals surface area contributed by atoms with Gasteiger partial charge in [-0.25, -0.2) is 0 Å². The van der Waals surface area contributed by atoms with Gasteiger partial charge in [-0.2, -0.15) is 4.57 Å². The van der Waals surface area contributed by atoms with Gasteiger partial charge in [0.15, 0.2) is 22.8 Å². The minimum atomic E-state index is -1.94. The molecule has 2 aliphatic rings. The van der Waals surface area contributed by atoms with Gasteiger partial charge in [0.25, 0.3) is 0 Å². The van der Waals surface area contributed by atoms with Crippen molar-refractivity contribution in [2.24, 2.45) is 5.92 Å². The van der Waals surface area contributed by atoms with Gasteiger partial charge in [-0.15, -0.1) is 9.13 Å². The van der Waals surface area contributed by atoms with E-state index >= 15 is 0 Å². The molecule has 0 bridgehead atoms. The lowest BCUT2D eigenvalue weighted by atomic mass is 9.82. The molecule has 346 valence electrons. The van der Waals surface area contributed by atoms with Crippen LogP contribution in [0.3, 0.4) is 0 Å². The lowest BCUT2D eigenvalue weighted by Gasteiger charge is -2.24. The number of fused-ring (bicyclic) bond motifs is 16. The Hall–Kier alpha value is -7.60. The topological polar surface area (TPSA) is 25.8 Å². The molecule has 0 aliphatic carbocycles. The summed E-state index contributed by atoms with van der Waals surface area (Å²) in [5.74, 6) is 1.61. The maximum Gasteiger partial charge on any atom is 0.364 e. The summed E-state index contributed by atoms with van der Waals surface area (Å²) in [5, 5.41) is 3.74. The number of rotatable bonds is 7. The molecule has 1 spiro atoms. The van der Waals surface area contributed by atoms with Crippen molar-refractivity contribution in [1.82, 2.24) is 4.57 Å². The summed E-state index contributed by atoms with van der Waals surface area (Å²) in [5.41, 5.74) is 20.3. The molecule has 13 rings (SSSR count). The average Bonchev–Trinajstić information content (AvgIpc) is 4.09. The van der Waals surface area contributed by atoms with E-state index in [1.54, 1.807) is 0 Å². The number of para-hydroxylation sites is 3. The number of aromatic nitrogens is 3. The summed E-state index contributed by atoms with van der Waals surface area (Å²) >= 11 is 0. The Morgan fingerprint density at radius 1 is 0.592 bits per heavy atom. The van der Waals surface area contributed by atoms with Crippen molar-refractivity contribution in [3.63, 3.8) is 0 Å². The molecule has 1 unspecified atom stereocenters. The van der Waals surface area contributed by atoms with Crippen LogP contribution in [0.2, 0.25) is 19.6 Å². The van der Waals surface area contributed by atoms with E-state index in [9.17, 15) is 0 Å². The molecule has 5 heteroatoms. The Morgan fingerprint density at radius 2 is 1.20 bits per heavy atom. The number of imidazole rings is 1. The van der Waals surface area contributed by atoms with Crippen LogP contribution in [0.15, 0.2) is 199 Å². The Bertz CT molecular complexity index is 3880. The van der Waals surface area contributed by atoms with Crippen molar-refractivity contribution in [3.05, 3.63) is 217 Å². The SMILES string of the molecule is CC(C)Cc1cc2[n+](cc1[Si](C)(C)C)C1(c3ccc(-c4ccccc4)cc3-2)c2ccc3c(oc4ccccc43)c2-c2n(-c3c(-c4ccccc4)cc(C(C)(C)C)cc3-c3ccccc3)c3ccccc3[n+]21. The summed E-state index contributed by atoms with van der Waals surface area (Å²) in [7, 11) is -1.94. The number of hydrogen-bond donors (Lipinski definition) is 0. The first kappa shape index (κ1) is 43.4. The first-order chi connectivity index (χ1) is 34.3. The van der Waals surface area contributed by atoms with Gasteiger partial charge in [0.2, 0.25) is 5.69 Å². The summed E-state index contributed by atoms with van der Waals surface area (Å²) in [6, 6.07) is 70.3. The molecule has 0 N–H and O–H groups in total. The monoisotopic (exact) mass is 937 g/mol. The minimum Gasteiger partial charge on any atom is -0.455 e. The largest absolute Gasteiger partial charge is 0.455 e. The Kier molecular flexibility index (Phi) is 9.60. The van der Waals surface area contributed by atoms with E-state index in [1.165, 1.54) is 72.1 Å². The van der Waals surface area contributed by atoms with E-state index in [1.807, 2.05) is 0 Å². The fraction of sp³-hybridized carbons (Fsp3) is 0.182. The molecule has 2 aliphatic heterocycles. The fourth-order valence-corrected chi connectivity index (χ4v) is 13.9. The molecule has 4 nitrogen and oxygen atoms in total. The van der Waals surface area contributed by atoms with E-state index in [2.05, 4.69) is 262 Å². The summed E-state index contributed by atoms with van der Waals surface area (Å²) < 4.78 is 15.3. The van der Waals surface area contributed by atoms with Crippen LogP contribution < -0.4 is 14.3 Å². The third-order valence-corrected chi connectivity index (χ3v) is 17.4. The third kappa shape index (κ3) is 6.41. The molecular weight excluding hydrogens is 879 g/mol. The van der Waals surface area contributed by atoms with E-state index in [0.717, 1.165) is 56.5 Å². The van der Waals surface area contributed by atoms with Crippen molar-refractivity contribution >= 4 is 46.2 Å². The van der Waals surface area contributed by atoms with Crippen LogP contribution in [0.1, 0.15) is 56.9 Å². The summed E-state index contributed by atoms with van der Waals surface area (Å²) in [6.07, 6.45) is 3.63. The van der Waals surface area contributed by atoms with Gasteiger partial charge in [0.1, 0.15) is 16.8 Å². The van der Waals surface area contributed by atoms with Gasteiger partial charge in [0.05, 0.1) is 24.8 Å². The molecule has 11 aromatic rings. The number of hydrogen-bond acceptors (Lipinski definition) is 1. The highest BCUT2D eigenvalue weighted by atomic mass is 28.3. The molecule has 71 heavy (non-hydrogen) atoms. The molecule has 1 atom stereocenters. The van der Waals surface area contributed by atoms with Crippen LogP contribution in [0.4, 0.5) is 0 Å². The van der Waals surface area contributed by atoms with Crippen LogP contribution in [-0.2, 0) is 17.5 Å². The highest BCUT2D eigenvalue weighted by Crippen LogP contribution is 2.54. The zero-order chi connectivity index (χ0) is 48.6. The first-order valence-corrected chi connectivity index (χ1v) is 28.9. The predicted octanol–water partition coefficient (Wildman–Crippen LogP) is 15.4. The Balaban J connectivity index is 1.27. The van der Waals surface area contributed by atoms with Gasteiger partial charge in [-0.1, -0.05) is 182 Å². The standard InChI is InChI=1S/C66H59N3OSi/c1-42(2)36-47-38-58-53-37-46(43-22-12-9-13-23-43)32-34-54(53)66(67(58)41-60(47)71(6,7)8)55-35-33-50-49-28-18-21-31-59(49)70-63(50)61(55)64-68(56-29-19-20-30-57(56)69(64)66)62-51(44-24-14-10-15-25-44)39-48(65(3,4)5)40-52(62)45-26-16-11-17-27-45/h9-35,37-42H,36H2,1-8H3/q+2. The van der Waals surface area contributed by atoms with Gasteiger partial charge < -0.3 is 4.42 Å². The highest BCUT2D eigenvalue weighted by Gasteiger charge is 2.67. The molecule has 0 saturated carbocycles. The van der Waals surface area contributed by atoms with Gasteiger partial charge in [-0.05, 0) is 106 Å². The van der Waals surface area contributed by atoms with E-state index < -0.39 is 13.7 Å². The Morgan fingerprint density at radius 3 is 1.85 bits per heavy atom. The molecule has 0 radical (unpaired) electrons. The predicted molar refractivity (Wildman–Crippen MR) is 296 cm³/mol. The van der Waals surface area contributed by atoms with Gasteiger partial charge in [0, 0.05) is 33.2 Å². The number of nitrogens with zero attached hydrogens (tertiary/aromatic N) is 3. The smallest absolute Gasteiger partial charge is 0.364 e. The number of pyridine rings is 1. The maximum absolute atomic E-state index is 7.30. The molecule has 0 fully saturated rings. The number of benzene rings is 8. The molecule has 0 saturated heterocycles. The molecule has 0 amide bonds. The first-order valence-electron chi connectivity index (χ1n) is 25.4. The van der Waals surface area contributed by atoms with Crippen molar-refractivity contribution in [2.75, 3.05) is 0 Å². The van der Waals surface area contributed by atoms with Crippen LogP contribution >= 0.6 is 0 Å². The second kappa shape index (κ2) is 15.7. The van der Waals surface area contributed by atoms with Crippen LogP contribution in [0, 0.1) is 5.92 Å². The molecule has 8 aromatic carbocycles. The van der Waals surface area contributed by atoms with Crippen LogP contribution in [0.5, 0.6) is 0 Å². The summed E-state index contributed by atoms with van der Waals surface area (Å²) in [6.45, 7) is 19.3. The van der Waals surface area contributed by atoms with E-state index in [4.69, 9.17) is 4.42 Å². The molecule has 3 aromatic heterocycles. The van der Waals surface area contributed by atoms with Crippen LogP contribution in [0.25, 0.3) is 94.7 Å². The van der Waals surface area contributed by atoms with Gasteiger partial charge >= 0.3 is 11.5 Å². The lowest BCUT2D eigenvalue weighted by Crippen LogP contribution is -2.72. The third-order valence-electron chi connectivity index (χ3n) is 15.4. The van der Waals surface area contributed by atoms with E-state index in [0.29, 0.717) is 5.92 Å². The van der Waals surface area contributed by atoms with Crippen molar-refractivity contribution < 1.29 is 13.6 Å². The summed E-state index contributed by atoms with van der Waals surface area (Å²) in [4.78, 5) is 0. The second-order valence-electron chi connectivity index (χ2n) is 22.5. The van der Waals surface area contributed by atoms with Gasteiger partial charge in [-0.3, -0.25) is 0 Å². The lowest BCUT2D eigenvalue weighted by molar-refractivity contribution is -0.944. The highest BCUT2D eigenvalue weighted by molar-refractivity contribution is 6.89. The second-order valence-corrected chi connectivity index (χ2v) is 27.5. The quantitative estimate of drug-likeness (QED) is 0.115. The van der Waals surface area contributed by atoms with E-state index in [-0.39, 0.29) is 5.41 Å². The fourth-order valence-electron chi connectivity index (χ4n) is 12.2. The zero-order valence-electron chi connectivity index (χ0n) is 42.0. The van der Waals surface area contributed by atoms with Crippen molar-refractivity contribution in [1.29, 1.82) is 0 Å². The van der Waals surface area contributed by atoms with Crippen LogP contribution in [-0.4, -0.2) is 12.6 Å². The zero-order valence-corrected chi connectivity index (χ0v) is 43.0. The average molecular weight is 938 g/mol. The van der Waals surface area contributed by atoms with Crippen molar-refractivity contribution in [2.45, 2.75) is 71.8 Å². The maximum atomic E-state index is 7.30. The Labute approximate surface area is 418 Å². The molecular formula is C66H59N3OSi+2. The van der Waals surface area contributed by atoms with Crippen molar-refractivity contribution in [3.8, 4) is 61.7 Å². The minimum absolute atomic E-state index is 0.118. The molecule has 5 heterocycles.